The van der Waals surface area contributed by atoms with Crippen LogP contribution in [0.1, 0.15) is 0 Å². The van der Waals surface area contributed by atoms with Crippen LogP contribution in [0.5, 0.6) is 11.5 Å². The Bertz CT molecular complexity index is 589. The van der Waals surface area contributed by atoms with Gasteiger partial charge >= 0.3 is 41.5 Å². The van der Waals surface area contributed by atoms with Gasteiger partial charge in [0.2, 0.25) is 0 Å². The Morgan fingerprint density at radius 3 is 1.67 bits per heavy atom. The van der Waals surface area contributed by atoms with Gasteiger partial charge in [-0.1, -0.05) is 0 Å². The van der Waals surface area contributed by atoms with Crippen molar-refractivity contribution in [2.24, 2.45) is 0 Å². The van der Waals surface area contributed by atoms with Crippen LogP contribution in [0.25, 0.3) is 0 Å². The molecule has 0 fully saturated rings. The second-order valence-electron chi connectivity index (χ2n) is 3.46. The standard InChI is InChI=1S/C10H10O9S.Na/c11-9(12)4-18-6-1-7(19-5-10(13)14)3-8(2-6)20(15,16)17;/h1-3H,4-5H2,(H,11,12)(H,13,14)(H,15,16,17);/q;+1/p-1. The largest absolute Gasteiger partial charge is 1.00 e. The Labute approximate surface area is 141 Å². The average molecular weight is 328 g/mol. The molecule has 1 aromatic carbocycles. The van der Waals surface area contributed by atoms with Gasteiger partial charge in [0.1, 0.15) is 21.6 Å². The summed E-state index contributed by atoms with van der Waals surface area (Å²) in [5, 5.41) is 16.9. The normalized spacial score (nSPS) is 10.3. The number of aliphatic carboxylic acids is 2. The van der Waals surface area contributed by atoms with Crippen molar-refractivity contribution in [3.05, 3.63) is 18.2 Å². The van der Waals surface area contributed by atoms with Gasteiger partial charge in [-0.25, -0.2) is 18.0 Å². The second-order valence-corrected chi connectivity index (χ2v) is 4.84. The van der Waals surface area contributed by atoms with Gasteiger partial charge in [0, 0.05) is 6.07 Å². The average Bonchev–Trinajstić information content (AvgIpc) is 2.32. The van der Waals surface area contributed by atoms with E-state index in [-0.39, 0.29) is 41.1 Å². The third-order valence-corrected chi connectivity index (χ3v) is 2.68. The molecule has 0 aromatic heterocycles. The van der Waals surface area contributed by atoms with E-state index in [9.17, 15) is 22.6 Å². The molecule has 2 N–H and O–H groups in total. The third-order valence-electron chi connectivity index (χ3n) is 1.87. The summed E-state index contributed by atoms with van der Waals surface area (Å²) in [4.78, 5) is 20.0. The van der Waals surface area contributed by atoms with Crippen molar-refractivity contribution < 1.29 is 71.8 Å². The Balaban J connectivity index is 0.00000400. The van der Waals surface area contributed by atoms with Crippen LogP contribution in [0.15, 0.2) is 23.1 Å². The second kappa shape index (κ2) is 8.20. The van der Waals surface area contributed by atoms with Crippen molar-refractivity contribution in [3.8, 4) is 11.5 Å². The molecule has 11 heteroatoms. The van der Waals surface area contributed by atoms with Crippen molar-refractivity contribution >= 4 is 22.1 Å². The van der Waals surface area contributed by atoms with Crippen molar-refractivity contribution in [3.63, 3.8) is 0 Å². The van der Waals surface area contributed by atoms with Gasteiger partial charge in [0.25, 0.3) is 0 Å². The Hall–Kier alpha value is -1.33. The number of hydrogen-bond donors (Lipinski definition) is 2. The fraction of sp³-hybridized carbons (Fsp3) is 0.200. The fourth-order valence-electron chi connectivity index (χ4n) is 1.15. The minimum atomic E-state index is -4.83. The van der Waals surface area contributed by atoms with Crippen molar-refractivity contribution in [2.75, 3.05) is 13.2 Å². The Morgan fingerprint density at radius 2 is 1.38 bits per heavy atom. The van der Waals surface area contributed by atoms with E-state index in [2.05, 4.69) is 0 Å². The molecule has 0 atom stereocenters. The van der Waals surface area contributed by atoms with E-state index < -0.39 is 40.2 Å². The number of carbonyl (C=O) groups is 2. The summed E-state index contributed by atoms with van der Waals surface area (Å²) in [6.07, 6.45) is 0. The monoisotopic (exact) mass is 328 g/mol. The molecule has 1 rings (SSSR count). The molecular weight excluding hydrogens is 319 g/mol. The topological polar surface area (TPSA) is 150 Å². The maximum atomic E-state index is 10.9. The first-order valence-corrected chi connectivity index (χ1v) is 6.39. The van der Waals surface area contributed by atoms with Gasteiger partial charge in [0.15, 0.2) is 13.2 Å². The van der Waals surface area contributed by atoms with E-state index >= 15 is 0 Å². The number of carboxylic acid groups (broad SMARTS) is 2. The zero-order valence-corrected chi connectivity index (χ0v) is 13.6. The van der Waals surface area contributed by atoms with Gasteiger partial charge in [-0.15, -0.1) is 0 Å². The van der Waals surface area contributed by atoms with E-state index in [1.807, 2.05) is 0 Å². The van der Waals surface area contributed by atoms with E-state index in [1.54, 1.807) is 0 Å². The number of carboxylic acids is 2. The zero-order valence-electron chi connectivity index (χ0n) is 10.8. The minimum absolute atomic E-state index is 0. The summed E-state index contributed by atoms with van der Waals surface area (Å²) in [6.45, 7) is -1.53. The molecule has 9 nitrogen and oxygen atoms in total. The first kappa shape index (κ1) is 19.7. The fourth-order valence-corrected chi connectivity index (χ4v) is 1.67. The van der Waals surface area contributed by atoms with Gasteiger partial charge in [-0.2, -0.15) is 0 Å². The van der Waals surface area contributed by atoms with Crippen LogP contribution in [-0.2, 0) is 19.7 Å². The summed E-state index contributed by atoms with van der Waals surface area (Å²) in [7, 11) is -4.83. The molecule has 0 aliphatic carbocycles. The van der Waals surface area contributed by atoms with Crippen LogP contribution in [0.2, 0.25) is 0 Å². The molecule has 0 radical (unpaired) electrons. The molecule has 0 heterocycles. The first-order chi connectivity index (χ1) is 9.18. The van der Waals surface area contributed by atoms with E-state index in [4.69, 9.17) is 19.7 Å². The zero-order chi connectivity index (χ0) is 15.3. The van der Waals surface area contributed by atoms with E-state index in [1.165, 1.54) is 0 Å². The maximum Gasteiger partial charge on any atom is 1.00 e. The number of benzene rings is 1. The van der Waals surface area contributed by atoms with Gasteiger partial charge in [0.05, 0.1) is 4.90 Å². The van der Waals surface area contributed by atoms with Crippen LogP contribution in [-0.4, -0.2) is 48.3 Å². The summed E-state index contributed by atoms with van der Waals surface area (Å²) >= 11 is 0. The van der Waals surface area contributed by atoms with Crippen LogP contribution in [0.3, 0.4) is 0 Å². The third kappa shape index (κ3) is 7.29. The van der Waals surface area contributed by atoms with E-state index in [0.717, 1.165) is 18.2 Å². The van der Waals surface area contributed by atoms with Crippen LogP contribution >= 0.6 is 0 Å². The van der Waals surface area contributed by atoms with E-state index in [0.29, 0.717) is 0 Å². The minimum Gasteiger partial charge on any atom is -0.744 e. The van der Waals surface area contributed by atoms with Crippen molar-refractivity contribution in [2.45, 2.75) is 4.90 Å². The molecule has 21 heavy (non-hydrogen) atoms. The molecule has 0 spiro atoms. The Morgan fingerprint density at radius 1 is 1.00 bits per heavy atom. The molecule has 110 valence electrons. The quantitative estimate of drug-likeness (QED) is 0.384. The van der Waals surface area contributed by atoms with Crippen LogP contribution < -0.4 is 39.0 Å². The molecule has 0 saturated carbocycles. The van der Waals surface area contributed by atoms with Crippen LogP contribution in [0.4, 0.5) is 0 Å². The molecule has 0 unspecified atom stereocenters. The summed E-state index contributed by atoms with van der Waals surface area (Å²) in [6, 6.07) is 2.71. The predicted octanol–water partition coefficient (Wildman–Crippen LogP) is -3.48. The molecule has 1 aromatic rings. The van der Waals surface area contributed by atoms with Crippen molar-refractivity contribution in [1.29, 1.82) is 0 Å². The molecular formula is C10H9NaO9S. The summed E-state index contributed by atoms with van der Waals surface area (Å²) in [5.74, 6) is -3.11. The predicted molar refractivity (Wildman–Crippen MR) is 60.7 cm³/mol. The van der Waals surface area contributed by atoms with Gasteiger partial charge in [-0.3, -0.25) is 0 Å². The number of ether oxygens (including phenoxy) is 2. The van der Waals surface area contributed by atoms with Crippen molar-refractivity contribution in [1.82, 2.24) is 0 Å². The molecule has 0 aliphatic heterocycles. The molecule has 0 bridgehead atoms. The maximum absolute atomic E-state index is 10.9. The van der Waals surface area contributed by atoms with Gasteiger partial charge < -0.3 is 24.2 Å². The summed E-state index contributed by atoms with van der Waals surface area (Å²) < 4.78 is 42.2. The molecule has 0 saturated heterocycles. The Kier molecular flexibility index (Phi) is 7.68. The molecule has 0 aliphatic rings. The first-order valence-electron chi connectivity index (χ1n) is 4.98. The SMILES string of the molecule is O=C(O)COc1cc(OCC(=O)O)cc(S(=O)(=O)[O-])c1.[Na+]. The number of hydrogen-bond acceptors (Lipinski definition) is 7. The van der Waals surface area contributed by atoms with Crippen LogP contribution in [0, 0.1) is 0 Å². The smallest absolute Gasteiger partial charge is 0.744 e. The summed E-state index contributed by atoms with van der Waals surface area (Å²) in [5.41, 5.74) is 0. The molecule has 0 amide bonds. The van der Waals surface area contributed by atoms with Gasteiger partial charge in [-0.05, 0) is 12.1 Å². The number of rotatable bonds is 7.